The van der Waals surface area contributed by atoms with Crippen molar-refractivity contribution in [2.24, 2.45) is 5.73 Å². The average molecular weight is 227 g/mol. The molecule has 1 rings (SSSR count). The summed E-state index contributed by atoms with van der Waals surface area (Å²) in [6, 6.07) is 1.71. The van der Waals surface area contributed by atoms with Gasteiger partial charge in [0.15, 0.2) is 17.3 Å². The first kappa shape index (κ1) is 12.8. The molecule has 0 unspecified atom stereocenters. The standard InChI is InChI=1S/C12H18FNO2/c1-8-7-9(5-3-4-6-14)10(13)11(15)12(8)16-2/h7,15H,3-6,14H2,1-2H3. The van der Waals surface area contributed by atoms with Crippen LogP contribution in [0.1, 0.15) is 24.0 Å². The van der Waals surface area contributed by atoms with E-state index in [2.05, 4.69) is 0 Å². The number of halogens is 1. The molecule has 16 heavy (non-hydrogen) atoms. The van der Waals surface area contributed by atoms with E-state index < -0.39 is 11.6 Å². The van der Waals surface area contributed by atoms with Gasteiger partial charge in [0.05, 0.1) is 7.11 Å². The van der Waals surface area contributed by atoms with Gasteiger partial charge in [0.1, 0.15) is 0 Å². The molecule has 0 aliphatic carbocycles. The molecule has 0 amide bonds. The van der Waals surface area contributed by atoms with Gasteiger partial charge >= 0.3 is 0 Å². The molecule has 0 fully saturated rings. The third-order valence-corrected chi connectivity index (χ3v) is 2.56. The molecule has 0 saturated carbocycles. The Morgan fingerprint density at radius 1 is 1.44 bits per heavy atom. The number of nitrogens with two attached hydrogens (primary N) is 1. The fraction of sp³-hybridized carbons (Fsp3) is 0.500. The van der Waals surface area contributed by atoms with Gasteiger partial charge < -0.3 is 15.6 Å². The van der Waals surface area contributed by atoms with Crippen molar-refractivity contribution in [1.29, 1.82) is 0 Å². The quantitative estimate of drug-likeness (QED) is 0.758. The van der Waals surface area contributed by atoms with Gasteiger partial charge in [-0.3, -0.25) is 0 Å². The maximum Gasteiger partial charge on any atom is 0.194 e. The Labute approximate surface area is 95.0 Å². The van der Waals surface area contributed by atoms with Crippen LogP contribution in [0.2, 0.25) is 0 Å². The van der Waals surface area contributed by atoms with Crippen LogP contribution in [0.15, 0.2) is 6.07 Å². The molecule has 0 radical (unpaired) electrons. The lowest BCUT2D eigenvalue weighted by atomic mass is 10.0. The Kier molecular flexibility index (Phi) is 4.55. The predicted molar refractivity (Wildman–Crippen MR) is 61.3 cm³/mol. The highest BCUT2D eigenvalue weighted by atomic mass is 19.1. The van der Waals surface area contributed by atoms with Crippen LogP contribution in [0.25, 0.3) is 0 Å². The second kappa shape index (κ2) is 5.70. The number of aromatic hydroxyl groups is 1. The van der Waals surface area contributed by atoms with Gasteiger partial charge in [-0.1, -0.05) is 0 Å². The van der Waals surface area contributed by atoms with E-state index in [1.165, 1.54) is 7.11 Å². The van der Waals surface area contributed by atoms with E-state index >= 15 is 0 Å². The van der Waals surface area contributed by atoms with E-state index in [1.54, 1.807) is 13.0 Å². The number of ether oxygens (including phenoxy) is 1. The zero-order chi connectivity index (χ0) is 12.1. The third-order valence-electron chi connectivity index (χ3n) is 2.56. The van der Waals surface area contributed by atoms with Crippen molar-refractivity contribution >= 4 is 0 Å². The molecule has 90 valence electrons. The number of phenolic OH excluding ortho intramolecular Hbond substituents is 1. The van der Waals surface area contributed by atoms with Crippen molar-refractivity contribution in [3.8, 4) is 11.5 Å². The highest BCUT2D eigenvalue weighted by Crippen LogP contribution is 2.34. The Morgan fingerprint density at radius 3 is 2.69 bits per heavy atom. The Balaban J connectivity index is 2.94. The molecule has 0 heterocycles. The van der Waals surface area contributed by atoms with Crippen LogP contribution in [-0.2, 0) is 6.42 Å². The minimum absolute atomic E-state index is 0.208. The highest BCUT2D eigenvalue weighted by Gasteiger charge is 2.15. The minimum atomic E-state index is -0.584. The van der Waals surface area contributed by atoms with E-state index in [-0.39, 0.29) is 5.75 Å². The number of phenols is 1. The number of hydrogen-bond donors (Lipinski definition) is 2. The first-order valence-electron chi connectivity index (χ1n) is 5.36. The molecule has 4 heteroatoms. The van der Waals surface area contributed by atoms with Gasteiger partial charge in [0.2, 0.25) is 0 Å². The second-order valence-corrected chi connectivity index (χ2v) is 3.79. The van der Waals surface area contributed by atoms with Crippen molar-refractivity contribution in [3.05, 3.63) is 23.0 Å². The molecular weight excluding hydrogens is 209 g/mol. The van der Waals surface area contributed by atoms with Crippen molar-refractivity contribution in [1.82, 2.24) is 0 Å². The minimum Gasteiger partial charge on any atom is -0.502 e. The lowest BCUT2D eigenvalue weighted by Crippen LogP contribution is -2.01. The summed E-state index contributed by atoms with van der Waals surface area (Å²) in [7, 11) is 1.41. The molecule has 0 bridgehead atoms. The van der Waals surface area contributed by atoms with E-state index in [9.17, 15) is 9.50 Å². The monoisotopic (exact) mass is 227 g/mol. The molecule has 1 aromatic carbocycles. The van der Waals surface area contributed by atoms with Gasteiger partial charge in [-0.15, -0.1) is 0 Å². The van der Waals surface area contributed by atoms with Crippen molar-refractivity contribution in [2.75, 3.05) is 13.7 Å². The molecule has 0 spiro atoms. The smallest absolute Gasteiger partial charge is 0.194 e. The molecule has 0 saturated heterocycles. The largest absolute Gasteiger partial charge is 0.502 e. The van der Waals surface area contributed by atoms with E-state index in [0.717, 1.165) is 18.4 Å². The summed E-state index contributed by atoms with van der Waals surface area (Å²) in [6.45, 7) is 2.38. The number of aryl methyl sites for hydroxylation is 2. The maximum absolute atomic E-state index is 13.7. The van der Waals surface area contributed by atoms with Crippen molar-refractivity contribution in [3.63, 3.8) is 0 Å². The SMILES string of the molecule is COc1c(C)cc(CCCCN)c(F)c1O. The van der Waals surface area contributed by atoms with Crippen molar-refractivity contribution in [2.45, 2.75) is 26.2 Å². The van der Waals surface area contributed by atoms with Crippen LogP contribution in [0, 0.1) is 12.7 Å². The maximum atomic E-state index is 13.7. The predicted octanol–water partition coefficient (Wildman–Crippen LogP) is 2.13. The van der Waals surface area contributed by atoms with Crippen LogP contribution in [-0.4, -0.2) is 18.8 Å². The molecule has 0 aromatic heterocycles. The summed E-state index contributed by atoms with van der Waals surface area (Å²) < 4.78 is 18.6. The lowest BCUT2D eigenvalue weighted by Gasteiger charge is -2.11. The summed E-state index contributed by atoms with van der Waals surface area (Å²) in [5.41, 5.74) is 6.63. The van der Waals surface area contributed by atoms with Gasteiger partial charge in [-0.25, -0.2) is 4.39 Å². The summed E-state index contributed by atoms with van der Waals surface area (Å²) in [5, 5.41) is 9.59. The molecule has 0 aliphatic heterocycles. The van der Waals surface area contributed by atoms with Crippen molar-refractivity contribution < 1.29 is 14.2 Å². The van der Waals surface area contributed by atoms with Crippen LogP contribution in [0.3, 0.4) is 0 Å². The first-order valence-corrected chi connectivity index (χ1v) is 5.36. The molecular formula is C12H18FNO2. The summed E-state index contributed by atoms with van der Waals surface area (Å²) in [4.78, 5) is 0. The molecule has 0 aliphatic rings. The fourth-order valence-corrected chi connectivity index (χ4v) is 1.73. The highest BCUT2D eigenvalue weighted by molar-refractivity contribution is 5.49. The molecule has 1 aromatic rings. The van der Waals surface area contributed by atoms with Crippen LogP contribution in [0.5, 0.6) is 11.5 Å². The zero-order valence-corrected chi connectivity index (χ0v) is 9.72. The number of rotatable bonds is 5. The molecule has 0 atom stereocenters. The number of unbranched alkanes of at least 4 members (excludes halogenated alkanes) is 1. The molecule has 3 N–H and O–H groups in total. The molecule has 3 nitrogen and oxygen atoms in total. The van der Waals surface area contributed by atoms with E-state index in [0.29, 0.717) is 18.5 Å². The normalized spacial score (nSPS) is 10.5. The third kappa shape index (κ3) is 2.64. The summed E-state index contributed by atoms with van der Waals surface area (Å²) in [5.74, 6) is -0.773. The lowest BCUT2D eigenvalue weighted by molar-refractivity contribution is 0.353. The number of methoxy groups -OCH3 is 1. The van der Waals surface area contributed by atoms with E-state index in [4.69, 9.17) is 10.5 Å². The van der Waals surface area contributed by atoms with Gasteiger partial charge in [-0.2, -0.15) is 0 Å². The average Bonchev–Trinajstić information content (AvgIpc) is 2.26. The summed E-state index contributed by atoms with van der Waals surface area (Å²) in [6.07, 6.45) is 2.26. The Bertz CT molecular complexity index is 367. The van der Waals surface area contributed by atoms with Gasteiger partial charge in [0, 0.05) is 0 Å². The fourth-order valence-electron chi connectivity index (χ4n) is 1.73. The zero-order valence-electron chi connectivity index (χ0n) is 9.72. The Morgan fingerprint density at radius 2 is 2.12 bits per heavy atom. The van der Waals surface area contributed by atoms with Gasteiger partial charge in [0.25, 0.3) is 0 Å². The van der Waals surface area contributed by atoms with Gasteiger partial charge in [-0.05, 0) is 49.9 Å². The number of hydrogen-bond acceptors (Lipinski definition) is 3. The van der Waals surface area contributed by atoms with E-state index in [1.807, 2.05) is 0 Å². The van der Waals surface area contributed by atoms with Crippen LogP contribution < -0.4 is 10.5 Å². The first-order chi connectivity index (χ1) is 7.61. The number of benzene rings is 1. The summed E-state index contributed by atoms with van der Waals surface area (Å²) >= 11 is 0. The topological polar surface area (TPSA) is 55.5 Å². The second-order valence-electron chi connectivity index (χ2n) is 3.79. The van der Waals surface area contributed by atoms with Crippen LogP contribution >= 0.6 is 0 Å². The Hall–Kier alpha value is -1.29. The van der Waals surface area contributed by atoms with Crippen LogP contribution in [0.4, 0.5) is 4.39 Å².